The van der Waals surface area contributed by atoms with Crippen molar-refractivity contribution in [2.75, 3.05) is 18.8 Å². The van der Waals surface area contributed by atoms with Crippen molar-refractivity contribution in [1.29, 1.82) is 0 Å². The molecule has 1 aliphatic rings. The lowest BCUT2D eigenvalue weighted by Crippen LogP contribution is -2.40. The van der Waals surface area contributed by atoms with Crippen LogP contribution in [0.3, 0.4) is 0 Å². The molecule has 0 aliphatic carbocycles. The predicted molar refractivity (Wildman–Crippen MR) is 71.5 cm³/mol. The molecule has 1 aromatic carbocycles. The molecule has 0 radical (unpaired) electrons. The second-order valence-electron chi connectivity index (χ2n) is 4.45. The number of aromatic hydroxyl groups is 1. The average molecular weight is 307 g/mol. The van der Waals surface area contributed by atoms with Crippen LogP contribution >= 0.6 is 11.6 Å². The Hall–Kier alpha value is -1.02. The van der Waals surface area contributed by atoms with E-state index in [1.807, 2.05) is 0 Å². The number of sulfonamides is 1. The van der Waals surface area contributed by atoms with Crippen LogP contribution in [0.25, 0.3) is 0 Å². The van der Waals surface area contributed by atoms with Gasteiger partial charge in [-0.05, 0) is 25.0 Å². The second-order valence-corrected chi connectivity index (χ2v) is 6.73. The van der Waals surface area contributed by atoms with Crippen LogP contribution in [-0.2, 0) is 10.0 Å². The Bertz CT molecular complexity index is 583. The average Bonchev–Trinajstić information content (AvgIpc) is 2.34. The van der Waals surface area contributed by atoms with Crippen molar-refractivity contribution in [2.45, 2.75) is 23.8 Å². The molecule has 0 spiro atoms. The summed E-state index contributed by atoms with van der Waals surface area (Å²) in [5.41, 5.74) is 5.46. The zero-order chi connectivity index (χ0) is 14.2. The molecule has 19 heavy (non-hydrogen) atoms. The smallest absolute Gasteiger partial charge is 0.248 e. The summed E-state index contributed by atoms with van der Waals surface area (Å²) in [7, 11) is -3.91. The summed E-state index contributed by atoms with van der Waals surface area (Å²) in [6.45, 7) is 0.377. The van der Waals surface area contributed by atoms with Crippen LogP contribution in [0, 0.1) is 0 Å². The third-order valence-electron chi connectivity index (χ3n) is 3.14. The number of phenolic OH excluding ortho intramolecular Hbond substituents is 1. The molecule has 0 bridgehead atoms. The maximum Gasteiger partial charge on any atom is 0.248 e. The van der Waals surface area contributed by atoms with Crippen molar-refractivity contribution < 1.29 is 18.6 Å². The van der Waals surface area contributed by atoms with E-state index in [-0.39, 0.29) is 28.7 Å². The molecule has 4 N–H and O–H groups in total. The zero-order valence-corrected chi connectivity index (χ0v) is 11.7. The van der Waals surface area contributed by atoms with Crippen LogP contribution < -0.4 is 5.73 Å². The molecule has 1 saturated heterocycles. The van der Waals surface area contributed by atoms with Crippen LogP contribution in [0.4, 0.5) is 5.69 Å². The van der Waals surface area contributed by atoms with Crippen molar-refractivity contribution in [1.82, 2.24) is 4.31 Å². The fourth-order valence-corrected chi connectivity index (χ4v) is 4.09. The number of nitrogens with two attached hydrogens (primary N) is 1. The van der Waals surface area contributed by atoms with E-state index in [1.165, 1.54) is 16.4 Å². The summed E-state index contributed by atoms with van der Waals surface area (Å²) in [5.74, 6) is -0.529. The number of rotatable bonds is 2. The van der Waals surface area contributed by atoms with Crippen molar-refractivity contribution in [2.24, 2.45) is 0 Å². The quantitative estimate of drug-likeness (QED) is 0.553. The van der Waals surface area contributed by atoms with Gasteiger partial charge in [-0.15, -0.1) is 0 Å². The van der Waals surface area contributed by atoms with Gasteiger partial charge >= 0.3 is 0 Å². The minimum atomic E-state index is -3.91. The minimum Gasteiger partial charge on any atom is -0.504 e. The van der Waals surface area contributed by atoms with E-state index >= 15 is 0 Å². The Morgan fingerprint density at radius 3 is 2.47 bits per heavy atom. The number of benzene rings is 1. The Morgan fingerprint density at radius 2 is 1.89 bits per heavy atom. The standard InChI is InChI=1S/C11H15ClN2O4S/c12-8-1-2-9(13)10(16)11(8)19(17,18)14-5-3-7(15)4-6-14/h1-2,7,15-16H,3-6,13H2. The Balaban J connectivity index is 2.43. The Labute approximate surface area is 116 Å². The molecule has 0 atom stereocenters. The number of piperidine rings is 1. The van der Waals surface area contributed by atoms with Gasteiger partial charge in [-0.1, -0.05) is 11.6 Å². The lowest BCUT2D eigenvalue weighted by atomic mass is 10.1. The number of aliphatic hydroxyl groups excluding tert-OH is 1. The normalized spacial score (nSPS) is 18.6. The van der Waals surface area contributed by atoms with Crippen molar-refractivity contribution in [3.8, 4) is 5.75 Å². The number of hydrogen-bond donors (Lipinski definition) is 3. The van der Waals surface area contributed by atoms with Crippen LogP contribution in [-0.4, -0.2) is 42.1 Å². The number of nitrogen functional groups attached to an aromatic ring is 1. The topological polar surface area (TPSA) is 104 Å². The molecule has 0 saturated carbocycles. The van der Waals surface area contributed by atoms with Gasteiger partial charge in [-0.3, -0.25) is 0 Å². The first-order valence-corrected chi connectivity index (χ1v) is 7.61. The highest BCUT2D eigenvalue weighted by atomic mass is 35.5. The van der Waals surface area contributed by atoms with E-state index in [1.54, 1.807) is 0 Å². The lowest BCUT2D eigenvalue weighted by molar-refractivity contribution is 0.113. The number of nitrogens with zero attached hydrogens (tertiary/aromatic N) is 1. The first-order valence-electron chi connectivity index (χ1n) is 5.79. The molecular formula is C11H15ClN2O4S. The first kappa shape index (κ1) is 14.4. The van der Waals surface area contributed by atoms with E-state index in [9.17, 15) is 18.6 Å². The maximum absolute atomic E-state index is 12.4. The van der Waals surface area contributed by atoms with Crippen molar-refractivity contribution in [3.63, 3.8) is 0 Å². The van der Waals surface area contributed by atoms with E-state index < -0.39 is 21.9 Å². The largest absolute Gasteiger partial charge is 0.504 e. The summed E-state index contributed by atoms with van der Waals surface area (Å²) in [4.78, 5) is -0.370. The van der Waals surface area contributed by atoms with E-state index in [4.69, 9.17) is 17.3 Å². The highest BCUT2D eigenvalue weighted by Crippen LogP contribution is 2.37. The van der Waals surface area contributed by atoms with Crippen LogP contribution in [0.1, 0.15) is 12.8 Å². The Morgan fingerprint density at radius 1 is 1.32 bits per heavy atom. The van der Waals surface area contributed by atoms with Gasteiger partial charge in [-0.25, -0.2) is 8.42 Å². The zero-order valence-electron chi connectivity index (χ0n) is 10.1. The number of anilines is 1. The lowest BCUT2D eigenvalue weighted by Gasteiger charge is -2.29. The third kappa shape index (κ3) is 2.64. The maximum atomic E-state index is 12.4. The number of halogens is 1. The van der Waals surface area contributed by atoms with Gasteiger partial charge in [0, 0.05) is 13.1 Å². The Kier molecular flexibility index (Phi) is 3.91. The molecule has 0 amide bonds. The summed E-state index contributed by atoms with van der Waals surface area (Å²) < 4.78 is 26.1. The van der Waals surface area contributed by atoms with Gasteiger partial charge in [-0.2, -0.15) is 4.31 Å². The van der Waals surface area contributed by atoms with E-state index in [0.29, 0.717) is 12.8 Å². The summed E-state index contributed by atoms with van der Waals surface area (Å²) >= 11 is 5.86. The van der Waals surface area contributed by atoms with Gasteiger partial charge in [0.1, 0.15) is 4.90 Å². The molecule has 6 nitrogen and oxygen atoms in total. The fraction of sp³-hybridized carbons (Fsp3) is 0.455. The van der Waals surface area contributed by atoms with Crippen LogP contribution in [0.2, 0.25) is 5.02 Å². The van der Waals surface area contributed by atoms with Crippen LogP contribution in [0.5, 0.6) is 5.75 Å². The van der Waals surface area contributed by atoms with Gasteiger partial charge in [0.2, 0.25) is 10.0 Å². The van der Waals surface area contributed by atoms with Gasteiger partial charge in [0.15, 0.2) is 5.75 Å². The summed E-state index contributed by atoms with van der Waals surface area (Å²) in [6.07, 6.45) is 0.233. The molecule has 8 heteroatoms. The van der Waals surface area contributed by atoms with Gasteiger partial charge in [0.25, 0.3) is 0 Å². The van der Waals surface area contributed by atoms with E-state index in [0.717, 1.165) is 0 Å². The van der Waals surface area contributed by atoms with E-state index in [2.05, 4.69) is 0 Å². The molecule has 1 aromatic rings. The molecule has 0 unspecified atom stereocenters. The molecule has 1 fully saturated rings. The van der Waals surface area contributed by atoms with Crippen LogP contribution in [0.15, 0.2) is 17.0 Å². The number of phenols is 1. The molecule has 2 rings (SSSR count). The third-order valence-corrected chi connectivity index (χ3v) is 5.54. The molecular weight excluding hydrogens is 292 g/mol. The monoisotopic (exact) mass is 306 g/mol. The molecule has 1 aliphatic heterocycles. The van der Waals surface area contributed by atoms with Crippen molar-refractivity contribution in [3.05, 3.63) is 17.2 Å². The highest BCUT2D eigenvalue weighted by molar-refractivity contribution is 7.89. The number of hydrogen-bond acceptors (Lipinski definition) is 5. The first-order chi connectivity index (χ1) is 8.84. The highest BCUT2D eigenvalue weighted by Gasteiger charge is 2.33. The van der Waals surface area contributed by atoms with Crippen molar-refractivity contribution >= 4 is 27.3 Å². The molecule has 1 heterocycles. The molecule has 106 valence electrons. The predicted octanol–water partition coefficient (Wildman–Crippen LogP) is 0.773. The summed E-state index contributed by atoms with van der Waals surface area (Å²) in [5, 5.41) is 19.2. The minimum absolute atomic E-state index is 0.0416. The molecule has 0 aromatic heterocycles. The second kappa shape index (κ2) is 5.16. The van der Waals surface area contributed by atoms with Gasteiger partial charge < -0.3 is 15.9 Å². The summed E-state index contributed by atoms with van der Waals surface area (Å²) in [6, 6.07) is 2.68. The fourth-order valence-electron chi connectivity index (χ4n) is 2.02. The van der Waals surface area contributed by atoms with Gasteiger partial charge in [0.05, 0.1) is 16.8 Å². The number of aliphatic hydroxyl groups is 1. The SMILES string of the molecule is Nc1ccc(Cl)c(S(=O)(=O)N2CCC(O)CC2)c1O.